The first kappa shape index (κ1) is 15.4. The Kier molecular flexibility index (Phi) is 3.88. The molecule has 2 aliphatic rings. The molecule has 0 unspecified atom stereocenters. The average Bonchev–Trinajstić information content (AvgIpc) is 3.09. The molecule has 2 aromatic rings. The molecule has 1 amide bonds. The Morgan fingerprint density at radius 3 is 3.00 bits per heavy atom. The Balaban J connectivity index is 1.60. The summed E-state index contributed by atoms with van der Waals surface area (Å²) in [6.07, 6.45) is 1.50. The number of thiophene rings is 1. The van der Waals surface area contributed by atoms with Gasteiger partial charge in [-0.05, 0) is 41.5 Å². The van der Waals surface area contributed by atoms with Crippen molar-refractivity contribution in [1.29, 1.82) is 0 Å². The number of hydrogen-bond acceptors (Lipinski definition) is 4. The van der Waals surface area contributed by atoms with Crippen molar-refractivity contribution in [2.75, 3.05) is 6.54 Å². The number of amides is 1. The molecule has 0 spiro atoms. The van der Waals surface area contributed by atoms with Crippen molar-refractivity contribution in [2.24, 2.45) is 0 Å². The third kappa shape index (κ3) is 2.44. The Morgan fingerprint density at radius 2 is 2.17 bits per heavy atom. The minimum absolute atomic E-state index is 0.0680. The van der Waals surface area contributed by atoms with Gasteiger partial charge in [0.05, 0.1) is 11.6 Å². The summed E-state index contributed by atoms with van der Waals surface area (Å²) < 4.78 is 5.46. The van der Waals surface area contributed by atoms with Crippen molar-refractivity contribution in [1.82, 2.24) is 4.90 Å². The van der Waals surface area contributed by atoms with Gasteiger partial charge >= 0.3 is 5.97 Å². The predicted octanol–water partition coefficient (Wildman–Crippen LogP) is 3.37. The van der Waals surface area contributed by atoms with Crippen molar-refractivity contribution in [3.63, 3.8) is 0 Å². The molecular formula is C19H19NO3S. The van der Waals surface area contributed by atoms with Crippen molar-refractivity contribution in [3.8, 4) is 0 Å². The minimum Gasteiger partial charge on any atom is -0.448 e. The van der Waals surface area contributed by atoms with Gasteiger partial charge in [-0.1, -0.05) is 25.1 Å². The van der Waals surface area contributed by atoms with E-state index in [-0.39, 0.29) is 11.9 Å². The second-order valence-corrected chi connectivity index (χ2v) is 7.26. The molecule has 0 N–H and O–H groups in total. The highest BCUT2D eigenvalue weighted by molar-refractivity contribution is 7.10. The van der Waals surface area contributed by atoms with Crippen LogP contribution in [0.25, 0.3) is 0 Å². The maximum Gasteiger partial charge on any atom is 0.339 e. The van der Waals surface area contributed by atoms with Gasteiger partial charge in [-0.15, -0.1) is 11.3 Å². The van der Waals surface area contributed by atoms with Crippen molar-refractivity contribution in [3.05, 3.63) is 57.3 Å². The van der Waals surface area contributed by atoms with Gasteiger partial charge in [-0.2, -0.15) is 0 Å². The summed E-state index contributed by atoms with van der Waals surface area (Å²) in [5.41, 5.74) is 2.73. The van der Waals surface area contributed by atoms with Gasteiger partial charge in [-0.25, -0.2) is 4.79 Å². The normalized spacial score (nSPS) is 22.5. The van der Waals surface area contributed by atoms with E-state index in [1.165, 1.54) is 10.4 Å². The second kappa shape index (κ2) is 6.06. The topological polar surface area (TPSA) is 46.6 Å². The Bertz CT molecular complexity index is 797. The third-order valence-corrected chi connectivity index (χ3v) is 5.93. The number of rotatable bonds is 2. The molecular weight excluding hydrogens is 322 g/mol. The highest BCUT2D eigenvalue weighted by atomic mass is 32.1. The van der Waals surface area contributed by atoms with Gasteiger partial charge in [-0.3, -0.25) is 4.79 Å². The summed E-state index contributed by atoms with van der Waals surface area (Å²) >= 11 is 1.76. The fraction of sp³-hybridized carbons (Fsp3) is 0.368. The number of esters is 1. The maximum atomic E-state index is 13.1. The number of cyclic esters (lactones) is 1. The number of hydrogen-bond donors (Lipinski definition) is 0. The zero-order valence-electron chi connectivity index (χ0n) is 13.5. The van der Waals surface area contributed by atoms with E-state index in [1.807, 2.05) is 23.1 Å². The summed E-state index contributed by atoms with van der Waals surface area (Å²) in [6, 6.07) is 9.58. The number of nitrogens with zero attached hydrogens (tertiary/aromatic N) is 1. The molecule has 5 heteroatoms. The fourth-order valence-electron chi connectivity index (χ4n) is 3.75. The van der Waals surface area contributed by atoms with Crippen LogP contribution < -0.4 is 0 Å². The van der Waals surface area contributed by atoms with Crippen LogP contribution in [0.5, 0.6) is 0 Å². The summed E-state index contributed by atoms with van der Waals surface area (Å²) in [4.78, 5) is 28.5. The maximum absolute atomic E-state index is 13.1. The first-order valence-corrected chi connectivity index (χ1v) is 9.22. The third-order valence-electron chi connectivity index (χ3n) is 4.93. The molecule has 1 aromatic carbocycles. The van der Waals surface area contributed by atoms with Crippen molar-refractivity contribution in [2.45, 2.75) is 38.3 Å². The Hall–Kier alpha value is -2.14. The largest absolute Gasteiger partial charge is 0.448 e. The predicted molar refractivity (Wildman–Crippen MR) is 92.1 cm³/mol. The summed E-state index contributed by atoms with van der Waals surface area (Å²) in [5, 5.41) is 2.10. The van der Waals surface area contributed by atoms with Gasteiger partial charge in [0.25, 0.3) is 5.91 Å². The fourth-order valence-corrected chi connectivity index (χ4v) is 4.68. The van der Waals surface area contributed by atoms with Crippen LogP contribution in [0.3, 0.4) is 0 Å². The summed E-state index contributed by atoms with van der Waals surface area (Å²) in [6.45, 7) is 2.79. The van der Waals surface area contributed by atoms with Crippen LogP contribution in [-0.2, 0) is 22.4 Å². The lowest BCUT2D eigenvalue weighted by atomic mass is 9.94. The standard InChI is InChI=1S/C19H19NO3S/c1-2-15-14-8-10-24-17(14)7-9-20(15)18(21)16-11-12-5-3-4-6-13(12)19(22)23-16/h3-6,8,10,15-16H,2,7,9,11H2,1H3/t15-,16-/m1/s1. The molecule has 0 fully saturated rings. The highest BCUT2D eigenvalue weighted by Gasteiger charge is 2.38. The molecule has 124 valence electrons. The molecule has 1 aromatic heterocycles. The van der Waals surface area contributed by atoms with Gasteiger partial charge in [0.1, 0.15) is 0 Å². The minimum atomic E-state index is -0.707. The summed E-state index contributed by atoms with van der Waals surface area (Å²) in [7, 11) is 0. The first-order valence-electron chi connectivity index (χ1n) is 8.34. The van der Waals surface area contributed by atoms with Crippen LogP contribution in [0.15, 0.2) is 35.7 Å². The Labute approximate surface area is 145 Å². The summed E-state index contributed by atoms with van der Waals surface area (Å²) in [5.74, 6) is -0.460. The zero-order valence-corrected chi connectivity index (χ0v) is 14.3. The van der Waals surface area contributed by atoms with Crippen LogP contribution in [0.2, 0.25) is 0 Å². The molecule has 3 heterocycles. The van der Waals surface area contributed by atoms with Crippen LogP contribution >= 0.6 is 11.3 Å². The van der Waals surface area contributed by atoms with E-state index in [2.05, 4.69) is 18.4 Å². The number of ether oxygens (including phenoxy) is 1. The number of benzene rings is 1. The van der Waals surface area contributed by atoms with E-state index < -0.39 is 12.1 Å². The van der Waals surface area contributed by atoms with E-state index >= 15 is 0 Å². The quantitative estimate of drug-likeness (QED) is 0.787. The van der Waals surface area contributed by atoms with Crippen LogP contribution in [0.4, 0.5) is 0 Å². The smallest absolute Gasteiger partial charge is 0.339 e. The first-order chi connectivity index (χ1) is 11.7. The molecule has 0 saturated heterocycles. The van der Waals surface area contributed by atoms with E-state index in [0.29, 0.717) is 18.5 Å². The average molecular weight is 341 g/mol. The van der Waals surface area contributed by atoms with Crippen molar-refractivity contribution < 1.29 is 14.3 Å². The molecule has 4 nitrogen and oxygen atoms in total. The Morgan fingerprint density at radius 1 is 1.33 bits per heavy atom. The van der Waals surface area contributed by atoms with Crippen LogP contribution in [0.1, 0.15) is 45.7 Å². The lowest BCUT2D eigenvalue weighted by molar-refractivity contribution is -0.144. The van der Waals surface area contributed by atoms with E-state index in [4.69, 9.17) is 4.74 Å². The molecule has 24 heavy (non-hydrogen) atoms. The monoisotopic (exact) mass is 341 g/mol. The highest BCUT2D eigenvalue weighted by Crippen LogP contribution is 2.36. The van der Waals surface area contributed by atoms with Crippen molar-refractivity contribution >= 4 is 23.2 Å². The van der Waals surface area contributed by atoms with Crippen LogP contribution in [0, 0.1) is 0 Å². The van der Waals surface area contributed by atoms with E-state index in [1.54, 1.807) is 17.4 Å². The SMILES string of the molecule is CC[C@@H]1c2ccsc2CCN1C(=O)[C@H]1Cc2ccccc2C(=O)O1. The lowest BCUT2D eigenvalue weighted by Gasteiger charge is -2.38. The van der Waals surface area contributed by atoms with E-state index in [0.717, 1.165) is 18.4 Å². The van der Waals surface area contributed by atoms with E-state index in [9.17, 15) is 9.59 Å². The molecule has 4 rings (SSSR count). The lowest BCUT2D eigenvalue weighted by Crippen LogP contribution is -2.48. The second-order valence-electron chi connectivity index (χ2n) is 6.26. The molecule has 2 aliphatic heterocycles. The van der Waals surface area contributed by atoms with Gasteiger partial charge in [0, 0.05) is 17.8 Å². The molecule has 0 bridgehead atoms. The zero-order chi connectivity index (χ0) is 16.7. The molecule has 0 radical (unpaired) electrons. The molecule has 0 aliphatic carbocycles. The van der Waals surface area contributed by atoms with Crippen LogP contribution in [-0.4, -0.2) is 29.4 Å². The molecule has 0 saturated carbocycles. The number of carbonyl (C=O) groups excluding carboxylic acids is 2. The molecule has 2 atom stereocenters. The van der Waals surface area contributed by atoms with Gasteiger partial charge < -0.3 is 9.64 Å². The number of carbonyl (C=O) groups is 2. The number of fused-ring (bicyclic) bond motifs is 2. The van der Waals surface area contributed by atoms with Gasteiger partial charge in [0.2, 0.25) is 0 Å². The van der Waals surface area contributed by atoms with Gasteiger partial charge in [0.15, 0.2) is 6.10 Å².